The molecule has 0 saturated carbocycles. The Balaban J connectivity index is 2.04. The fourth-order valence-electron chi connectivity index (χ4n) is 1.45. The van der Waals surface area contributed by atoms with E-state index in [1.54, 1.807) is 24.1 Å². The summed E-state index contributed by atoms with van der Waals surface area (Å²) in [5.74, 6) is -0.130. The van der Waals surface area contributed by atoms with Gasteiger partial charge in [-0.25, -0.2) is 0 Å². The zero-order valence-corrected chi connectivity index (χ0v) is 11.0. The van der Waals surface area contributed by atoms with Crippen LogP contribution in [-0.4, -0.2) is 15.7 Å². The number of nitrogens with zero attached hydrogens (tertiary/aromatic N) is 2. The number of rotatable bonds is 3. The third-order valence-corrected chi connectivity index (χ3v) is 3.75. The molecule has 0 aliphatic heterocycles. The summed E-state index contributed by atoms with van der Waals surface area (Å²) in [6, 6.07) is 3.69. The number of thiophene rings is 1. The summed E-state index contributed by atoms with van der Waals surface area (Å²) in [5.41, 5.74) is 0.557. The van der Waals surface area contributed by atoms with Crippen LogP contribution in [0, 0.1) is 0 Å². The highest BCUT2D eigenvalue weighted by Crippen LogP contribution is 2.26. The third-order valence-electron chi connectivity index (χ3n) is 2.34. The molecule has 6 heteroatoms. The van der Waals surface area contributed by atoms with Gasteiger partial charge in [0.15, 0.2) is 0 Å². The molecule has 1 amide bonds. The molecule has 2 rings (SSSR count). The Bertz CT molecular complexity index is 534. The molecule has 2 heterocycles. The van der Waals surface area contributed by atoms with Crippen LogP contribution in [0.3, 0.4) is 0 Å². The maximum atomic E-state index is 11.9. The summed E-state index contributed by atoms with van der Waals surface area (Å²) in [6.45, 7) is 1.93. The summed E-state index contributed by atoms with van der Waals surface area (Å²) in [5, 5.41) is 6.86. The standard InChI is InChI=1S/C11H12ClN3OS/c1-7(9-3-4-10(12)17-9)14-11(16)8-5-13-15(2)6-8/h3-7H,1-2H3,(H,14,16). The van der Waals surface area contributed by atoms with Crippen molar-refractivity contribution in [2.45, 2.75) is 13.0 Å². The Hall–Kier alpha value is -1.33. The van der Waals surface area contributed by atoms with E-state index >= 15 is 0 Å². The minimum atomic E-state index is -0.130. The topological polar surface area (TPSA) is 46.9 Å². The number of aryl methyl sites for hydroxylation is 1. The van der Waals surface area contributed by atoms with Crippen molar-refractivity contribution in [2.24, 2.45) is 7.05 Å². The molecular formula is C11H12ClN3OS. The minimum Gasteiger partial charge on any atom is -0.345 e. The third kappa shape index (κ3) is 2.87. The number of amides is 1. The van der Waals surface area contributed by atoms with Gasteiger partial charge in [-0.15, -0.1) is 11.3 Å². The van der Waals surface area contributed by atoms with Gasteiger partial charge in [-0.05, 0) is 19.1 Å². The van der Waals surface area contributed by atoms with Gasteiger partial charge in [-0.3, -0.25) is 9.48 Å². The quantitative estimate of drug-likeness (QED) is 0.931. The molecule has 0 aliphatic carbocycles. The van der Waals surface area contributed by atoms with Crippen LogP contribution < -0.4 is 5.32 Å². The highest BCUT2D eigenvalue weighted by atomic mass is 35.5. The fraction of sp³-hybridized carbons (Fsp3) is 0.273. The van der Waals surface area contributed by atoms with Crippen molar-refractivity contribution in [3.05, 3.63) is 39.3 Å². The maximum Gasteiger partial charge on any atom is 0.254 e. The summed E-state index contributed by atoms with van der Waals surface area (Å²) in [4.78, 5) is 12.9. The number of hydrogen-bond donors (Lipinski definition) is 1. The molecule has 0 fully saturated rings. The first kappa shape index (κ1) is 12.1. The Kier molecular flexibility index (Phi) is 3.49. The van der Waals surface area contributed by atoms with Crippen molar-refractivity contribution in [1.29, 1.82) is 0 Å². The lowest BCUT2D eigenvalue weighted by Crippen LogP contribution is -2.25. The van der Waals surface area contributed by atoms with E-state index < -0.39 is 0 Å². The van der Waals surface area contributed by atoms with E-state index in [0.29, 0.717) is 5.56 Å². The molecule has 1 atom stereocenters. The normalized spacial score (nSPS) is 12.4. The Morgan fingerprint density at radius 2 is 2.35 bits per heavy atom. The molecule has 0 spiro atoms. The molecule has 0 bridgehead atoms. The Morgan fingerprint density at radius 3 is 2.88 bits per heavy atom. The largest absolute Gasteiger partial charge is 0.345 e. The molecule has 0 aliphatic rings. The monoisotopic (exact) mass is 269 g/mol. The van der Waals surface area contributed by atoms with Crippen LogP contribution in [0.1, 0.15) is 28.2 Å². The van der Waals surface area contributed by atoms with Gasteiger partial charge in [0.2, 0.25) is 0 Å². The number of hydrogen-bond acceptors (Lipinski definition) is 3. The van der Waals surface area contributed by atoms with Crippen LogP contribution in [0.4, 0.5) is 0 Å². The van der Waals surface area contributed by atoms with E-state index in [9.17, 15) is 4.79 Å². The predicted octanol–water partition coefficient (Wildman–Crippen LogP) is 2.63. The lowest BCUT2D eigenvalue weighted by atomic mass is 10.2. The molecular weight excluding hydrogens is 258 g/mol. The molecule has 1 N–H and O–H groups in total. The van der Waals surface area contributed by atoms with E-state index in [4.69, 9.17) is 11.6 Å². The first-order chi connectivity index (χ1) is 8.06. The van der Waals surface area contributed by atoms with Crippen LogP contribution in [0.5, 0.6) is 0 Å². The van der Waals surface area contributed by atoms with Crippen molar-refractivity contribution in [1.82, 2.24) is 15.1 Å². The number of carbonyl (C=O) groups excluding carboxylic acids is 1. The molecule has 1 unspecified atom stereocenters. The van der Waals surface area contributed by atoms with E-state index in [-0.39, 0.29) is 11.9 Å². The van der Waals surface area contributed by atoms with Crippen LogP contribution >= 0.6 is 22.9 Å². The van der Waals surface area contributed by atoms with Gasteiger partial charge < -0.3 is 5.32 Å². The van der Waals surface area contributed by atoms with Gasteiger partial charge in [0.05, 0.1) is 22.1 Å². The Labute approximate surface area is 108 Å². The molecule has 4 nitrogen and oxygen atoms in total. The van der Waals surface area contributed by atoms with Crippen LogP contribution in [0.15, 0.2) is 24.5 Å². The zero-order chi connectivity index (χ0) is 12.4. The molecule has 2 aromatic rings. The predicted molar refractivity (Wildman–Crippen MR) is 68.4 cm³/mol. The first-order valence-electron chi connectivity index (χ1n) is 5.11. The maximum absolute atomic E-state index is 11.9. The van der Waals surface area contributed by atoms with Gasteiger partial charge in [0, 0.05) is 18.1 Å². The van der Waals surface area contributed by atoms with Crippen molar-refractivity contribution in [2.75, 3.05) is 0 Å². The summed E-state index contributed by atoms with van der Waals surface area (Å²) >= 11 is 7.32. The second-order valence-electron chi connectivity index (χ2n) is 3.74. The lowest BCUT2D eigenvalue weighted by molar-refractivity contribution is 0.0940. The van der Waals surface area contributed by atoms with E-state index in [1.807, 2.05) is 19.1 Å². The second kappa shape index (κ2) is 4.89. The van der Waals surface area contributed by atoms with Gasteiger partial charge in [0.25, 0.3) is 5.91 Å². The van der Waals surface area contributed by atoms with E-state index in [0.717, 1.165) is 9.21 Å². The van der Waals surface area contributed by atoms with Crippen LogP contribution in [-0.2, 0) is 7.05 Å². The Morgan fingerprint density at radius 1 is 1.59 bits per heavy atom. The molecule has 2 aromatic heterocycles. The highest BCUT2D eigenvalue weighted by molar-refractivity contribution is 7.16. The molecule has 0 radical (unpaired) electrons. The van der Waals surface area contributed by atoms with Crippen LogP contribution in [0.2, 0.25) is 4.34 Å². The summed E-state index contributed by atoms with van der Waals surface area (Å²) in [7, 11) is 1.78. The van der Waals surface area contributed by atoms with Gasteiger partial charge >= 0.3 is 0 Å². The zero-order valence-electron chi connectivity index (χ0n) is 9.48. The minimum absolute atomic E-state index is 0.0554. The lowest BCUT2D eigenvalue weighted by Gasteiger charge is -2.10. The molecule has 17 heavy (non-hydrogen) atoms. The first-order valence-corrected chi connectivity index (χ1v) is 6.30. The average Bonchev–Trinajstić information content (AvgIpc) is 2.87. The van der Waals surface area contributed by atoms with Gasteiger partial charge in [-0.2, -0.15) is 5.10 Å². The number of nitrogens with one attached hydrogen (secondary N) is 1. The van der Waals surface area contributed by atoms with Crippen molar-refractivity contribution in [3.8, 4) is 0 Å². The highest BCUT2D eigenvalue weighted by Gasteiger charge is 2.14. The van der Waals surface area contributed by atoms with E-state index in [1.165, 1.54) is 11.3 Å². The van der Waals surface area contributed by atoms with Crippen molar-refractivity contribution in [3.63, 3.8) is 0 Å². The molecule has 0 aromatic carbocycles. The molecule has 90 valence electrons. The SMILES string of the molecule is CC(NC(=O)c1cnn(C)c1)c1ccc(Cl)s1. The average molecular weight is 270 g/mol. The second-order valence-corrected chi connectivity index (χ2v) is 5.49. The number of halogens is 1. The van der Waals surface area contributed by atoms with Gasteiger partial charge in [0.1, 0.15) is 0 Å². The fourth-order valence-corrected chi connectivity index (χ4v) is 2.51. The summed E-state index contributed by atoms with van der Waals surface area (Å²) < 4.78 is 2.32. The smallest absolute Gasteiger partial charge is 0.254 e. The van der Waals surface area contributed by atoms with Crippen LogP contribution in [0.25, 0.3) is 0 Å². The summed E-state index contributed by atoms with van der Waals surface area (Å²) in [6.07, 6.45) is 3.23. The van der Waals surface area contributed by atoms with Crippen molar-refractivity contribution < 1.29 is 4.79 Å². The number of carbonyl (C=O) groups is 1. The molecule has 0 saturated heterocycles. The van der Waals surface area contributed by atoms with E-state index in [2.05, 4.69) is 10.4 Å². The number of aromatic nitrogens is 2. The van der Waals surface area contributed by atoms with Crippen molar-refractivity contribution >= 4 is 28.8 Å². The van der Waals surface area contributed by atoms with Gasteiger partial charge in [-0.1, -0.05) is 11.6 Å².